The first-order chi connectivity index (χ1) is 9.50. The summed E-state index contributed by atoms with van der Waals surface area (Å²) >= 11 is 0. The van der Waals surface area contributed by atoms with Crippen LogP contribution in [0.3, 0.4) is 0 Å². The summed E-state index contributed by atoms with van der Waals surface area (Å²) in [6.45, 7) is 2.42. The van der Waals surface area contributed by atoms with E-state index in [0.29, 0.717) is 11.4 Å². The number of aryl methyl sites for hydroxylation is 1. The summed E-state index contributed by atoms with van der Waals surface area (Å²) in [4.78, 5) is 0.365. The smallest absolute Gasteiger partial charge is 0.243 e. The first-order valence-corrected chi connectivity index (χ1v) is 8.74. The van der Waals surface area contributed by atoms with Gasteiger partial charge in [-0.15, -0.1) is 0 Å². The van der Waals surface area contributed by atoms with E-state index in [9.17, 15) is 8.42 Å². The Kier molecular flexibility index (Phi) is 4.83. The standard InChI is InChI=1S/C15H24N2O2S/c1-3-12-8-9-15(10-13(12)11-16)20(18,19)17(2)14-6-4-5-7-14/h8-10,14H,3-7,11,16H2,1-2H3. The fourth-order valence-corrected chi connectivity index (χ4v) is 4.40. The molecule has 0 heterocycles. The number of rotatable bonds is 5. The third kappa shape index (κ3) is 2.90. The van der Waals surface area contributed by atoms with Crippen molar-refractivity contribution in [3.63, 3.8) is 0 Å². The third-order valence-corrected chi connectivity index (χ3v) is 6.20. The highest BCUT2D eigenvalue weighted by Gasteiger charge is 2.30. The SMILES string of the molecule is CCc1ccc(S(=O)(=O)N(C)C2CCCC2)cc1CN. The van der Waals surface area contributed by atoms with Crippen LogP contribution in [-0.2, 0) is 23.0 Å². The van der Waals surface area contributed by atoms with Crippen molar-refractivity contribution in [2.24, 2.45) is 5.73 Å². The third-order valence-electron chi connectivity index (χ3n) is 4.29. The largest absolute Gasteiger partial charge is 0.326 e. The lowest BCUT2D eigenvalue weighted by Gasteiger charge is -2.24. The number of nitrogens with zero attached hydrogens (tertiary/aromatic N) is 1. The van der Waals surface area contributed by atoms with Gasteiger partial charge in [-0.3, -0.25) is 0 Å². The first-order valence-electron chi connectivity index (χ1n) is 7.30. The first kappa shape index (κ1) is 15.5. The average Bonchev–Trinajstić information content (AvgIpc) is 2.99. The molecule has 1 aliphatic carbocycles. The highest BCUT2D eigenvalue weighted by atomic mass is 32.2. The Balaban J connectivity index is 2.33. The number of hydrogen-bond acceptors (Lipinski definition) is 3. The van der Waals surface area contributed by atoms with Crippen molar-refractivity contribution in [1.82, 2.24) is 4.31 Å². The molecule has 0 radical (unpaired) electrons. The molecule has 0 aromatic heterocycles. The van der Waals surface area contributed by atoms with Gasteiger partial charge in [0.1, 0.15) is 0 Å². The molecule has 5 heteroatoms. The molecule has 4 nitrogen and oxygen atoms in total. The van der Waals surface area contributed by atoms with Gasteiger partial charge in [0.15, 0.2) is 0 Å². The van der Waals surface area contributed by atoms with Crippen molar-refractivity contribution in [3.05, 3.63) is 29.3 Å². The van der Waals surface area contributed by atoms with Crippen LogP contribution in [0.1, 0.15) is 43.7 Å². The number of benzene rings is 1. The molecule has 0 saturated heterocycles. The monoisotopic (exact) mass is 296 g/mol. The highest BCUT2D eigenvalue weighted by molar-refractivity contribution is 7.89. The van der Waals surface area contributed by atoms with Gasteiger partial charge in [0.25, 0.3) is 0 Å². The van der Waals surface area contributed by atoms with Gasteiger partial charge in [0, 0.05) is 19.6 Å². The normalized spacial score (nSPS) is 17.0. The number of nitrogens with two attached hydrogens (primary N) is 1. The maximum absolute atomic E-state index is 12.7. The molecule has 0 unspecified atom stereocenters. The van der Waals surface area contributed by atoms with E-state index in [1.807, 2.05) is 13.0 Å². The zero-order valence-corrected chi connectivity index (χ0v) is 13.1. The molecule has 1 aliphatic rings. The summed E-state index contributed by atoms with van der Waals surface area (Å²) < 4.78 is 26.9. The quantitative estimate of drug-likeness (QED) is 0.906. The second-order valence-electron chi connectivity index (χ2n) is 5.45. The molecule has 1 aromatic rings. The Morgan fingerprint density at radius 3 is 2.45 bits per heavy atom. The van der Waals surface area contributed by atoms with Crippen LogP contribution in [0.25, 0.3) is 0 Å². The zero-order valence-electron chi connectivity index (χ0n) is 12.3. The van der Waals surface area contributed by atoms with Crippen LogP contribution in [-0.4, -0.2) is 25.8 Å². The van der Waals surface area contributed by atoms with Crippen molar-refractivity contribution in [1.29, 1.82) is 0 Å². The summed E-state index contributed by atoms with van der Waals surface area (Å²) in [5.74, 6) is 0. The Morgan fingerprint density at radius 2 is 1.90 bits per heavy atom. The van der Waals surface area contributed by atoms with Crippen LogP contribution in [0.4, 0.5) is 0 Å². The molecule has 1 fully saturated rings. The Bertz CT molecular complexity index is 563. The van der Waals surface area contributed by atoms with E-state index in [4.69, 9.17) is 5.73 Å². The lowest BCUT2D eigenvalue weighted by atomic mass is 10.1. The molecule has 0 amide bonds. The van der Waals surface area contributed by atoms with Gasteiger partial charge < -0.3 is 5.73 Å². The molecule has 1 saturated carbocycles. The maximum Gasteiger partial charge on any atom is 0.243 e. The van der Waals surface area contributed by atoms with Crippen LogP contribution in [0.5, 0.6) is 0 Å². The Hall–Kier alpha value is -0.910. The Labute approximate surface area is 122 Å². The summed E-state index contributed by atoms with van der Waals surface area (Å²) in [7, 11) is -1.71. The molecule has 20 heavy (non-hydrogen) atoms. The van der Waals surface area contributed by atoms with Crippen molar-refractivity contribution in [2.75, 3.05) is 7.05 Å². The average molecular weight is 296 g/mol. The topological polar surface area (TPSA) is 63.4 Å². The fourth-order valence-electron chi connectivity index (χ4n) is 2.93. The predicted molar refractivity (Wildman–Crippen MR) is 80.9 cm³/mol. The minimum absolute atomic E-state index is 0.146. The van der Waals surface area contributed by atoms with Gasteiger partial charge >= 0.3 is 0 Å². The van der Waals surface area contributed by atoms with E-state index in [1.54, 1.807) is 23.5 Å². The summed E-state index contributed by atoms with van der Waals surface area (Å²) in [5.41, 5.74) is 7.77. The van der Waals surface area contributed by atoms with E-state index in [2.05, 4.69) is 0 Å². The minimum atomic E-state index is -3.40. The summed E-state index contributed by atoms with van der Waals surface area (Å²) in [6, 6.07) is 5.47. The highest BCUT2D eigenvalue weighted by Crippen LogP contribution is 2.28. The lowest BCUT2D eigenvalue weighted by molar-refractivity contribution is 0.373. The molecule has 1 aromatic carbocycles. The van der Waals surface area contributed by atoms with E-state index in [0.717, 1.165) is 43.2 Å². The van der Waals surface area contributed by atoms with E-state index >= 15 is 0 Å². The molecule has 0 bridgehead atoms. The number of hydrogen-bond donors (Lipinski definition) is 1. The second kappa shape index (κ2) is 6.24. The zero-order chi connectivity index (χ0) is 14.8. The van der Waals surface area contributed by atoms with Gasteiger partial charge in [-0.1, -0.05) is 25.8 Å². The van der Waals surface area contributed by atoms with Crippen molar-refractivity contribution >= 4 is 10.0 Å². The van der Waals surface area contributed by atoms with Crippen LogP contribution in [0.15, 0.2) is 23.1 Å². The van der Waals surface area contributed by atoms with Gasteiger partial charge in [-0.25, -0.2) is 8.42 Å². The van der Waals surface area contributed by atoms with Crippen LogP contribution in [0.2, 0.25) is 0 Å². The van der Waals surface area contributed by atoms with Gasteiger partial charge in [-0.2, -0.15) is 4.31 Å². The Morgan fingerprint density at radius 1 is 1.25 bits per heavy atom. The molecular weight excluding hydrogens is 272 g/mol. The minimum Gasteiger partial charge on any atom is -0.326 e. The van der Waals surface area contributed by atoms with Crippen molar-refractivity contribution in [3.8, 4) is 0 Å². The van der Waals surface area contributed by atoms with E-state index in [1.165, 1.54) is 0 Å². The van der Waals surface area contributed by atoms with Gasteiger partial charge in [0.05, 0.1) is 4.90 Å². The summed E-state index contributed by atoms with van der Waals surface area (Å²) in [6.07, 6.45) is 5.03. The molecular formula is C15H24N2O2S. The molecule has 0 aliphatic heterocycles. The van der Waals surface area contributed by atoms with Gasteiger partial charge in [0.2, 0.25) is 10.0 Å². The van der Waals surface area contributed by atoms with E-state index < -0.39 is 10.0 Å². The van der Waals surface area contributed by atoms with E-state index in [-0.39, 0.29) is 6.04 Å². The van der Waals surface area contributed by atoms with Crippen molar-refractivity contribution in [2.45, 2.75) is 56.5 Å². The molecule has 0 atom stereocenters. The summed E-state index contributed by atoms with van der Waals surface area (Å²) in [5, 5.41) is 0. The van der Waals surface area contributed by atoms with Crippen LogP contribution >= 0.6 is 0 Å². The maximum atomic E-state index is 12.7. The lowest BCUT2D eigenvalue weighted by Crippen LogP contribution is -2.35. The fraction of sp³-hybridized carbons (Fsp3) is 0.600. The predicted octanol–water partition coefficient (Wildman–Crippen LogP) is 2.27. The molecule has 112 valence electrons. The number of sulfonamides is 1. The van der Waals surface area contributed by atoms with Crippen LogP contribution in [0, 0.1) is 0 Å². The van der Waals surface area contributed by atoms with Gasteiger partial charge in [-0.05, 0) is 42.5 Å². The molecule has 0 spiro atoms. The van der Waals surface area contributed by atoms with Crippen molar-refractivity contribution < 1.29 is 8.42 Å². The van der Waals surface area contributed by atoms with Crippen LogP contribution < -0.4 is 5.73 Å². The molecule has 2 rings (SSSR count). The second-order valence-corrected chi connectivity index (χ2v) is 7.45. The molecule has 2 N–H and O–H groups in total.